The highest BCUT2D eigenvalue weighted by atomic mass is 16.7. The van der Waals surface area contributed by atoms with Crippen LogP contribution in [0.1, 0.15) is 27.7 Å². The van der Waals surface area contributed by atoms with Crippen LogP contribution in [-0.2, 0) is 19.2 Å². The Kier molecular flexibility index (Phi) is 4.90. The molecule has 0 atom stereocenters. The number of carbonyl (C=O) groups excluding carboxylic acids is 2. The van der Waals surface area contributed by atoms with Gasteiger partial charge in [0.1, 0.15) is 0 Å². The first-order valence-corrected chi connectivity index (χ1v) is 6.15. The summed E-state index contributed by atoms with van der Waals surface area (Å²) < 4.78 is 4.77. The molecule has 102 valence electrons. The van der Waals surface area contributed by atoms with E-state index in [0.29, 0.717) is 19.7 Å². The van der Waals surface area contributed by atoms with Gasteiger partial charge in [0.2, 0.25) is 0 Å². The Balaban J connectivity index is 2.24. The number of carbonyl (C=O) groups is 2. The Morgan fingerprint density at radius 3 is 2.44 bits per heavy atom. The van der Waals surface area contributed by atoms with E-state index in [9.17, 15) is 9.59 Å². The zero-order valence-corrected chi connectivity index (χ0v) is 11.4. The molecule has 1 rings (SSSR count). The molecule has 1 saturated heterocycles. The van der Waals surface area contributed by atoms with Crippen molar-refractivity contribution in [3.05, 3.63) is 12.2 Å². The monoisotopic (exact) mass is 255 g/mol. The van der Waals surface area contributed by atoms with Crippen molar-refractivity contribution in [1.82, 2.24) is 5.06 Å². The lowest BCUT2D eigenvalue weighted by atomic mass is 9.97. The Labute approximate surface area is 108 Å². The summed E-state index contributed by atoms with van der Waals surface area (Å²) in [6.45, 7) is 8.83. The number of rotatable bonds is 4. The van der Waals surface area contributed by atoms with Gasteiger partial charge < -0.3 is 9.57 Å². The normalized spacial score (nSPS) is 17.6. The molecule has 0 spiro atoms. The molecule has 5 heteroatoms. The molecule has 1 aliphatic rings. The van der Waals surface area contributed by atoms with E-state index < -0.39 is 5.41 Å². The van der Waals surface area contributed by atoms with Gasteiger partial charge in [-0.05, 0) is 27.7 Å². The smallest absolute Gasteiger partial charge is 0.330 e. The molecule has 0 unspecified atom stereocenters. The van der Waals surface area contributed by atoms with Crippen molar-refractivity contribution in [1.29, 1.82) is 0 Å². The topological polar surface area (TPSA) is 55.8 Å². The van der Waals surface area contributed by atoms with Crippen molar-refractivity contribution in [3.8, 4) is 0 Å². The van der Waals surface area contributed by atoms with Gasteiger partial charge in [-0.1, -0.05) is 6.08 Å². The van der Waals surface area contributed by atoms with Crippen LogP contribution in [0.5, 0.6) is 0 Å². The van der Waals surface area contributed by atoms with Crippen molar-refractivity contribution in [3.63, 3.8) is 0 Å². The third kappa shape index (κ3) is 4.49. The van der Waals surface area contributed by atoms with E-state index in [1.165, 1.54) is 6.08 Å². The van der Waals surface area contributed by atoms with E-state index in [4.69, 9.17) is 9.57 Å². The quantitative estimate of drug-likeness (QED) is 0.563. The first-order chi connectivity index (χ1) is 8.32. The molecule has 0 aromatic rings. The van der Waals surface area contributed by atoms with Crippen molar-refractivity contribution in [2.24, 2.45) is 11.3 Å². The minimum atomic E-state index is -0.494. The summed E-state index contributed by atoms with van der Waals surface area (Å²) in [5.41, 5.74) is -0.494. The van der Waals surface area contributed by atoms with Gasteiger partial charge in [0.15, 0.2) is 0 Å². The molecule has 0 bridgehead atoms. The number of nitrogens with zero attached hydrogens (tertiary/aromatic N) is 1. The fraction of sp³-hybridized carbons (Fsp3) is 0.692. The highest BCUT2D eigenvalue weighted by molar-refractivity contribution is 5.81. The predicted octanol–water partition coefficient (Wildman–Crippen LogP) is 1.54. The Morgan fingerprint density at radius 2 is 1.94 bits per heavy atom. The molecule has 0 radical (unpaired) electrons. The standard InChI is InChI=1S/C13H21NO4/c1-5-17-11(15)7-6-10-8-14(9-10)18-12(16)13(2,3)4/h6-7,10H,5,8-9H2,1-4H3/b7-6+. The fourth-order valence-electron chi connectivity index (χ4n) is 1.33. The number of hydrogen-bond acceptors (Lipinski definition) is 5. The van der Waals surface area contributed by atoms with Gasteiger partial charge in [0.25, 0.3) is 0 Å². The highest BCUT2D eigenvalue weighted by Crippen LogP contribution is 2.22. The average molecular weight is 255 g/mol. The first-order valence-electron chi connectivity index (χ1n) is 6.15. The fourth-order valence-corrected chi connectivity index (χ4v) is 1.33. The summed E-state index contributed by atoms with van der Waals surface area (Å²) in [6.07, 6.45) is 3.22. The van der Waals surface area contributed by atoms with Gasteiger partial charge in [-0.25, -0.2) is 9.59 Å². The lowest BCUT2D eigenvalue weighted by Gasteiger charge is -2.36. The molecule has 18 heavy (non-hydrogen) atoms. The van der Waals surface area contributed by atoms with Gasteiger partial charge >= 0.3 is 11.9 Å². The summed E-state index contributed by atoms with van der Waals surface area (Å²) in [6, 6.07) is 0. The summed E-state index contributed by atoms with van der Waals surface area (Å²) in [5, 5.41) is 1.60. The molecule has 0 aromatic heterocycles. The van der Waals surface area contributed by atoms with Crippen molar-refractivity contribution >= 4 is 11.9 Å². The molecular weight excluding hydrogens is 234 g/mol. The molecule has 0 saturated carbocycles. The van der Waals surface area contributed by atoms with E-state index in [0.717, 1.165) is 0 Å². The van der Waals surface area contributed by atoms with Crippen LogP contribution in [-0.4, -0.2) is 36.7 Å². The van der Waals surface area contributed by atoms with Crippen molar-refractivity contribution in [2.45, 2.75) is 27.7 Å². The van der Waals surface area contributed by atoms with Gasteiger partial charge in [0, 0.05) is 25.1 Å². The number of esters is 1. The lowest BCUT2D eigenvalue weighted by molar-refractivity contribution is -0.224. The summed E-state index contributed by atoms with van der Waals surface area (Å²) in [4.78, 5) is 27.8. The maximum absolute atomic E-state index is 11.6. The van der Waals surface area contributed by atoms with Crippen molar-refractivity contribution < 1.29 is 19.2 Å². The summed E-state index contributed by atoms with van der Waals surface area (Å²) >= 11 is 0. The molecule has 1 aliphatic heterocycles. The van der Waals surface area contributed by atoms with Gasteiger partial charge in [-0.3, -0.25) is 0 Å². The maximum Gasteiger partial charge on any atom is 0.330 e. The van der Waals surface area contributed by atoms with E-state index in [2.05, 4.69) is 0 Å². The van der Waals surface area contributed by atoms with E-state index in [1.807, 2.05) is 20.8 Å². The molecule has 5 nitrogen and oxygen atoms in total. The summed E-state index contributed by atoms with van der Waals surface area (Å²) in [5.74, 6) is -0.333. The summed E-state index contributed by atoms with van der Waals surface area (Å²) in [7, 11) is 0. The van der Waals surface area contributed by atoms with Gasteiger partial charge in [0.05, 0.1) is 12.0 Å². The Hall–Kier alpha value is -1.36. The van der Waals surface area contributed by atoms with Crippen LogP contribution >= 0.6 is 0 Å². The second-order valence-corrected chi connectivity index (χ2v) is 5.35. The Morgan fingerprint density at radius 1 is 1.33 bits per heavy atom. The highest BCUT2D eigenvalue weighted by Gasteiger charge is 2.32. The number of ether oxygens (including phenoxy) is 1. The predicted molar refractivity (Wildman–Crippen MR) is 66.4 cm³/mol. The van der Waals surface area contributed by atoms with Crippen molar-refractivity contribution in [2.75, 3.05) is 19.7 Å². The lowest BCUT2D eigenvalue weighted by Crippen LogP contribution is -2.48. The zero-order chi connectivity index (χ0) is 13.8. The molecular formula is C13H21NO4. The van der Waals surface area contributed by atoms with Crippen LogP contribution < -0.4 is 0 Å². The number of hydroxylamine groups is 2. The van der Waals surface area contributed by atoms with E-state index in [-0.39, 0.29) is 17.9 Å². The second-order valence-electron chi connectivity index (χ2n) is 5.35. The van der Waals surface area contributed by atoms with Crippen LogP contribution in [0.3, 0.4) is 0 Å². The van der Waals surface area contributed by atoms with Gasteiger partial charge in [-0.15, -0.1) is 5.06 Å². The zero-order valence-electron chi connectivity index (χ0n) is 11.4. The molecule has 0 N–H and O–H groups in total. The third-order valence-corrected chi connectivity index (χ3v) is 2.49. The van der Waals surface area contributed by atoms with Crippen LogP contribution in [0.25, 0.3) is 0 Å². The minimum absolute atomic E-state index is 0.238. The van der Waals surface area contributed by atoms with Crippen LogP contribution in [0, 0.1) is 11.3 Å². The van der Waals surface area contributed by atoms with Crippen LogP contribution in [0.4, 0.5) is 0 Å². The minimum Gasteiger partial charge on any atom is -0.463 e. The second kappa shape index (κ2) is 6.00. The molecule has 1 heterocycles. The molecule has 1 fully saturated rings. The van der Waals surface area contributed by atoms with E-state index in [1.54, 1.807) is 18.1 Å². The average Bonchev–Trinajstić information content (AvgIpc) is 2.19. The maximum atomic E-state index is 11.6. The molecule has 0 amide bonds. The SMILES string of the molecule is CCOC(=O)/C=C/C1CN(OC(=O)C(C)(C)C)C1. The first kappa shape index (κ1) is 14.7. The molecule has 0 aliphatic carbocycles. The van der Waals surface area contributed by atoms with Crippen LogP contribution in [0.2, 0.25) is 0 Å². The van der Waals surface area contributed by atoms with Crippen LogP contribution in [0.15, 0.2) is 12.2 Å². The Bertz CT molecular complexity index is 337. The third-order valence-electron chi connectivity index (χ3n) is 2.49. The van der Waals surface area contributed by atoms with E-state index >= 15 is 0 Å². The number of hydrogen-bond donors (Lipinski definition) is 0. The molecule has 0 aromatic carbocycles. The largest absolute Gasteiger partial charge is 0.463 e. The van der Waals surface area contributed by atoms with Gasteiger partial charge in [-0.2, -0.15) is 0 Å².